The lowest BCUT2D eigenvalue weighted by Gasteiger charge is -2.05. The van der Waals surface area contributed by atoms with Crippen LogP contribution in [0.1, 0.15) is 5.76 Å². The van der Waals surface area contributed by atoms with E-state index in [9.17, 15) is 18.4 Å². The molecule has 1 unspecified atom stereocenters. The average molecular weight is 209 g/mol. The lowest BCUT2D eigenvalue weighted by Crippen LogP contribution is -2.99. The van der Waals surface area contributed by atoms with Crippen molar-refractivity contribution in [2.45, 2.75) is 6.18 Å². The van der Waals surface area contributed by atoms with Gasteiger partial charge in [-0.1, -0.05) is 0 Å². The molecule has 0 aromatic carbocycles. The largest absolute Gasteiger partial charge is 0.592 e. The summed E-state index contributed by atoms with van der Waals surface area (Å²) < 4.78 is 39.5. The third kappa shape index (κ3) is 3.21. The SMILES string of the molecule is [O-][NH+](O)c1ccc(C=CC(F)(F)F)o1. The van der Waals surface area contributed by atoms with Gasteiger partial charge < -0.3 is 9.62 Å². The van der Waals surface area contributed by atoms with Gasteiger partial charge in [0.15, 0.2) is 0 Å². The van der Waals surface area contributed by atoms with Gasteiger partial charge in [0.1, 0.15) is 5.76 Å². The molecule has 78 valence electrons. The second kappa shape index (κ2) is 3.82. The second-order valence-electron chi connectivity index (χ2n) is 2.38. The van der Waals surface area contributed by atoms with Crippen LogP contribution in [0.4, 0.5) is 19.1 Å². The van der Waals surface area contributed by atoms with Gasteiger partial charge in [-0.2, -0.15) is 18.4 Å². The number of hydrogen-bond acceptors (Lipinski definition) is 3. The van der Waals surface area contributed by atoms with E-state index in [2.05, 4.69) is 4.42 Å². The summed E-state index contributed by atoms with van der Waals surface area (Å²) in [6.07, 6.45) is -3.81. The summed E-state index contributed by atoms with van der Waals surface area (Å²) in [7, 11) is 0. The van der Waals surface area contributed by atoms with E-state index >= 15 is 0 Å². The third-order valence-corrected chi connectivity index (χ3v) is 1.27. The average Bonchev–Trinajstić information content (AvgIpc) is 2.47. The van der Waals surface area contributed by atoms with Gasteiger partial charge in [-0.3, -0.25) is 0 Å². The number of quaternary nitrogens is 1. The Morgan fingerprint density at radius 1 is 1.43 bits per heavy atom. The zero-order valence-electron chi connectivity index (χ0n) is 6.71. The van der Waals surface area contributed by atoms with Crippen LogP contribution in [-0.2, 0) is 0 Å². The zero-order chi connectivity index (χ0) is 10.8. The van der Waals surface area contributed by atoms with Crippen LogP contribution in [0.25, 0.3) is 6.08 Å². The number of alkyl halides is 3. The molecular formula is C7H6F3NO3. The molecule has 7 heteroatoms. The fraction of sp³-hybridized carbons (Fsp3) is 0.143. The van der Waals surface area contributed by atoms with Gasteiger partial charge in [0.2, 0.25) is 0 Å². The van der Waals surface area contributed by atoms with Crippen LogP contribution in [0.3, 0.4) is 0 Å². The van der Waals surface area contributed by atoms with Crippen LogP contribution in [-0.4, -0.2) is 11.4 Å². The van der Waals surface area contributed by atoms with Crippen molar-refractivity contribution in [3.63, 3.8) is 0 Å². The molecule has 0 radical (unpaired) electrons. The summed E-state index contributed by atoms with van der Waals surface area (Å²) in [4.78, 5) is 0. The quantitative estimate of drug-likeness (QED) is 0.721. The molecule has 0 amide bonds. The van der Waals surface area contributed by atoms with Crippen LogP contribution in [0.2, 0.25) is 0 Å². The highest BCUT2D eigenvalue weighted by Gasteiger charge is 2.22. The highest BCUT2D eigenvalue weighted by Crippen LogP contribution is 2.19. The third-order valence-electron chi connectivity index (χ3n) is 1.27. The van der Waals surface area contributed by atoms with Crippen molar-refractivity contribution < 1.29 is 28.0 Å². The van der Waals surface area contributed by atoms with E-state index in [-0.39, 0.29) is 11.8 Å². The van der Waals surface area contributed by atoms with Crippen molar-refractivity contribution in [3.05, 3.63) is 29.2 Å². The first kappa shape index (κ1) is 10.8. The van der Waals surface area contributed by atoms with E-state index in [4.69, 9.17) is 5.21 Å². The van der Waals surface area contributed by atoms with E-state index in [0.29, 0.717) is 6.08 Å². The Labute approximate surface area is 76.4 Å². The van der Waals surface area contributed by atoms with Gasteiger partial charge in [-0.05, 0) is 12.1 Å². The van der Waals surface area contributed by atoms with Crippen molar-refractivity contribution >= 4 is 12.0 Å². The number of allylic oxidation sites excluding steroid dienone is 1. The van der Waals surface area contributed by atoms with Gasteiger partial charge in [-0.15, -0.1) is 0 Å². The Balaban J connectivity index is 2.74. The predicted octanol–water partition coefficient (Wildman–Crippen LogP) is 1.26. The second-order valence-corrected chi connectivity index (χ2v) is 2.38. The zero-order valence-corrected chi connectivity index (χ0v) is 6.71. The molecule has 1 aromatic rings. The highest BCUT2D eigenvalue weighted by molar-refractivity contribution is 5.45. The summed E-state index contributed by atoms with van der Waals surface area (Å²) in [6.45, 7) is 0. The molecule has 0 aliphatic heterocycles. The minimum absolute atomic E-state index is 0.0303. The predicted molar refractivity (Wildman–Crippen MR) is 39.6 cm³/mol. The molecule has 1 atom stereocenters. The summed E-state index contributed by atoms with van der Waals surface area (Å²) in [5.74, 6) is -0.549. The molecule has 1 aromatic heterocycles. The molecular weight excluding hydrogens is 203 g/mol. The van der Waals surface area contributed by atoms with Gasteiger partial charge >= 0.3 is 12.1 Å². The molecule has 0 bridgehead atoms. The lowest BCUT2D eigenvalue weighted by molar-refractivity contribution is -0.997. The minimum Gasteiger partial charge on any atom is -0.592 e. The molecule has 1 rings (SSSR count). The van der Waals surface area contributed by atoms with Crippen molar-refractivity contribution in [2.24, 2.45) is 0 Å². The first-order valence-electron chi connectivity index (χ1n) is 3.47. The molecule has 14 heavy (non-hydrogen) atoms. The number of furan rings is 1. The van der Waals surface area contributed by atoms with Gasteiger partial charge in [0.25, 0.3) is 0 Å². The normalized spacial score (nSPS) is 14.9. The van der Waals surface area contributed by atoms with Crippen molar-refractivity contribution in [2.75, 3.05) is 0 Å². The van der Waals surface area contributed by atoms with Crippen LogP contribution >= 0.6 is 0 Å². The molecule has 1 heterocycles. The Hall–Kier alpha value is -1.31. The summed E-state index contributed by atoms with van der Waals surface area (Å²) in [6, 6.07) is 2.23. The molecule has 0 fully saturated rings. The van der Waals surface area contributed by atoms with E-state index in [0.717, 1.165) is 12.1 Å². The Morgan fingerprint density at radius 2 is 2.07 bits per heavy atom. The van der Waals surface area contributed by atoms with Crippen molar-refractivity contribution in [1.82, 2.24) is 0 Å². The Kier molecular flexibility index (Phi) is 2.94. The summed E-state index contributed by atoms with van der Waals surface area (Å²) in [5.41, 5.74) is 0. The van der Waals surface area contributed by atoms with Crippen LogP contribution < -0.4 is 5.23 Å². The number of nitrogens with one attached hydrogen (secondary N) is 1. The van der Waals surface area contributed by atoms with Crippen LogP contribution in [0, 0.1) is 5.21 Å². The molecule has 0 saturated heterocycles. The molecule has 0 aliphatic carbocycles. The summed E-state index contributed by atoms with van der Waals surface area (Å²) >= 11 is 0. The number of halogens is 3. The van der Waals surface area contributed by atoms with E-state index in [1.165, 1.54) is 0 Å². The Morgan fingerprint density at radius 3 is 2.50 bits per heavy atom. The Bertz CT molecular complexity index is 329. The van der Waals surface area contributed by atoms with Gasteiger partial charge in [-0.25, -0.2) is 5.21 Å². The van der Waals surface area contributed by atoms with Crippen LogP contribution in [0.5, 0.6) is 0 Å². The van der Waals surface area contributed by atoms with E-state index in [1.807, 2.05) is 0 Å². The smallest absolute Gasteiger partial charge is 0.409 e. The molecule has 4 nitrogen and oxygen atoms in total. The highest BCUT2D eigenvalue weighted by atomic mass is 19.4. The van der Waals surface area contributed by atoms with Gasteiger partial charge in [0.05, 0.1) is 0 Å². The van der Waals surface area contributed by atoms with E-state index in [1.54, 1.807) is 0 Å². The van der Waals surface area contributed by atoms with Crippen molar-refractivity contribution in [1.29, 1.82) is 0 Å². The first-order valence-corrected chi connectivity index (χ1v) is 3.47. The fourth-order valence-corrected chi connectivity index (χ4v) is 0.734. The maximum atomic E-state index is 11.7. The fourth-order valence-electron chi connectivity index (χ4n) is 0.734. The summed E-state index contributed by atoms with van der Waals surface area (Å²) in [5, 5.41) is 17.3. The lowest BCUT2D eigenvalue weighted by atomic mass is 10.4. The molecule has 0 aliphatic rings. The maximum Gasteiger partial charge on any atom is 0.409 e. The maximum absolute atomic E-state index is 11.7. The van der Waals surface area contributed by atoms with Crippen LogP contribution in [0.15, 0.2) is 22.6 Å². The monoisotopic (exact) mass is 209 g/mol. The van der Waals surface area contributed by atoms with Crippen molar-refractivity contribution in [3.8, 4) is 0 Å². The topological polar surface area (TPSA) is 60.9 Å². The first-order chi connectivity index (χ1) is 6.38. The molecule has 0 saturated carbocycles. The number of hydrogen-bond donors (Lipinski definition) is 2. The number of rotatable bonds is 2. The minimum atomic E-state index is -4.43. The molecule has 0 spiro atoms. The standard InChI is InChI=1S/C7H6F3NO3/c8-7(9,10)4-3-5-1-2-6(14-5)11(12)13/h1-4,11-12H. The van der Waals surface area contributed by atoms with E-state index < -0.39 is 17.3 Å². The molecule has 2 N–H and O–H groups in total. The van der Waals surface area contributed by atoms with Gasteiger partial charge in [0, 0.05) is 12.1 Å².